The lowest BCUT2D eigenvalue weighted by molar-refractivity contribution is 0.503. The fourth-order valence-corrected chi connectivity index (χ4v) is 6.39. The van der Waals surface area contributed by atoms with Crippen LogP contribution in [-0.2, 0) is 0 Å². The minimum absolute atomic E-state index is 0.745. The van der Waals surface area contributed by atoms with Gasteiger partial charge in [0.25, 0.3) is 0 Å². The van der Waals surface area contributed by atoms with Gasteiger partial charge < -0.3 is 10.3 Å². The van der Waals surface area contributed by atoms with E-state index in [0.29, 0.717) is 0 Å². The van der Waals surface area contributed by atoms with Gasteiger partial charge in [-0.05, 0) is 80.6 Å². The Kier molecular flexibility index (Phi) is 7.26. The quantitative estimate of drug-likeness (QED) is 0.168. The van der Waals surface area contributed by atoms with E-state index in [-0.39, 0.29) is 0 Å². The van der Waals surface area contributed by atoms with Gasteiger partial charge in [-0.3, -0.25) is 10.1 Å². The van der Waals surface area contributed by atoms with Crippen LogP contribution < -0.4 is 5.32 Å². The maximum Gasteiger partial charge on any atom is 0.159 e. The summed E-state index contributed by atoms with van der Waals surface area (Å²) in [6.07, 6.45) is 13.5. The summed E-state index contributed by atoms with van der Waals surface area (Å²) in [5.74, 6) is 1.55. The van der Waals surface area contributed by atoms with Crippen LogP contribution in [0.5, 0.6) is 0 Å². The first kappa shape index (κ1) is 25.5. The Bertz CT molecular complexity index is 1690. The Labute approximate surface area is 233 Å². The van der Waals surface area contributed by atoms with E-state index in [1.54, 1.807) is 11.3 Å². The number of nitrogens with one attached hydrogen (secondary N) is 3. The summed E-state index contributed by atoms with van der Waals surface area (Å²) < 4.78 is 0. The Morgan fingerprint density at radius 1 is 1.18 bits per heavy atom. The molecule has 0 bridgehead atoms. The van der Waals surface area contributed by atoms with Gasteiger partial charge in [-0.1, -0.05) is 43.7 Å². The zero-order valence-electron chi connectivity index (χ0n) is 22.6. The number of hydrogen-bond donors (Lipinski definition) is 3. The van der Waals surface area contributed by atoms with Crippen molar-refractivity contribution in [2.45, 2.75) is 39.5 Å². The lowest BCUT2D eigenvalue weighted by Crippen LogP contribution is -2.23. The van der Waals surface area contributed by atoms with Gasteiger partial charge in [-0.15, -0.1) is 11.3 Å². The minimum Gasteiger partial charge on any atom is -0.337 e. The van der Waals surface area contributed by atoms with Gasteiger partial charge in [0.15, 0.2) is 5.82 Å². The summed E-state index contributed by atoms with van der Waals surface area (Å²) in [5, 5.41) is 12.4. The molecule has 0 amide bonds. The normalized spacial score (nSPS) is 15.1. The van der Waals surface area contributed by atoms with E-state index in [1.807, 2.05) is 19.2 Å². The topological polar surface area (TPSA) is 82.3 Å². The van der Waals surface area contributed by atoms with Crippen molar-refractivity contribution in [3.63, 3.8) is 0 Å². The van der Waals surface area contributed by atoms with Crippen molar-refractivity contribution in [1.29, 1.82) is 0 Å². The summed E-state index contributed by atoms with van der Waals surface area (Å²) >= 11 is 1.78. The average Bonchev–Trinajstić information content (AvgIpc) is 3.76. The molecule has 0 aliphatic heterocycles. The second-order valence-corrected chi connectivity index (χ2v) is 11.6. The minimum atomic E-state index is 0.745. The molecule has 0 radical (unpaired) electrons. The number of pyridine rings is 1. The second-order valence-electron chi connectivity index (χ2n) is 10.3. The Balaban J connectivity index is 1.30. The van der Waals surface area contributed by atoms with Crippen molar-refractivity contribution in [2.24, 2.45) is 5.92 Å². The molecular weight excluding hydrogens is 500 g/mol. The number of aromatic amines is 2. The number of aromatic nitrogens is 5. The Hall–Kier alpha value is -3.81. The molecule has 6 nitrogen and oxygen atoms in total. The lowest BCUT2D eigenvalue weighted by Gasteiger charge is -2.11. The van der Waals surface area contributed by atoms with E-state index in [4.69, 9.17) is 9.97 Å². The van der Waals surface area contributed by atoms with Crippen LogP contribution in [0.3, 0.4) is 0 Å². The molecular formula is C32H34N6S. The molecule has 1 saturated carbocycles. The van der Waals surface area contributed by atoms with Crippen molar-refractivity contribution >= 4 is 38.8 Å². The van der Waals surface area contributed by atoms with Gasteiger partial charge in [0.05, 0.1) is 28.4 Å². The lowest BCUT2D eigenvalue weighted by atomic mass is 10.0. The SMILES string of the molecule is C=C/C(=C\C(=C/C)c1cc2c(-c3nc4c(-c5ccc(C)s5)cccc4[nH]3)n[nH]c2cn1)CNCC1CCCC1. The summed E-state index contributed by atoms with van der Waals surface area (Å²) in [5.41, 5.74) is 7.87. The molecule has 198 valence electrons. The number of H-pyrrole nitrogens is 2. The number of aryl methyl sites for hydroxylation is 1. The van der Waals surface area contributed by atoms with Crippen molar-refractivity contribution < 1.29 is 0 Å². The molecule has 5 aromatic rings. The third kappa shape index (κ3) is 5.24. The fourth-order valence-electron chi connectivity index (χ4n) is 5.50. The first-order valence-corrected chi connectivity index (χ1v) is 14.5. The van der Waals surface area contributed by atoms with Crippen LogP contribution in [0.2, 0.25) is 0 Å². The van der Waals surface area contributed by atoms with Gasteiger partial charge in [-0.2, -0.15) is 5.10 Å². The monoisotopic (exact) mass is 534 g/mol. The molecule has 0 unspecified atom stereocenters. The fraction of sp³-hybridized carbons (Fsp3) is 0.281. The summed E-state index contributed by atoms with van der Waals surface area (Å²) in [7, 11) is 0. The Morgan fingerprint density at radius 2 is 2.05 bits per heavy atom. The van der Waals surface area contributed by atoms with Crippen LogP contribution in [0.4, 0.5) is 0 Å². The predicted molar refractivity (Wildman–Crippen MR) is 164 cm³/mol. The van der Waals surface area contributed by atoms with E-state index in [1.165, 1.54) is 35.4 Å². The van der Waals surface area contributed by atoms with Gasteiger partial charge >= 0.3 is 0 Å². The van der Waals surface area contributed by atoms with Gasteiger partial charge in [0.1, 0.15) is 5.69 Å². The maximum atomic E-state index is 5.01. The summed E-state index contributed by atoms with van der Waals surface area (Å²) in [4.78, 5) is 15.8. The summed E-state index contributed by atoms with van der Waals surface area (Å²) in [6.45, 7) is 10.1. The van der Waals surface area contributed by atoms with Crippen LogP contribution in [0.15, 0.2) is 73.0 Å². The Morgan fingerprint density at radius 3 is 2.82 bits per heavy atom. The van der Waals surface area contributed by atoms with Crippen LogP contribution in [0.1, 0.15) is 43.2 Å². The zero-order valence-corrected chi connectivity index (χ0v) is 23.4. The number of benzene rings is 1. The molecule has 0 saturated heterocycles. The van der Waals surface area contributed by atoms with E-state index >= 15 is 0 Å². The maximum absolute atomic E-state index is 5.01. The molecule has 1 aromatic carbocycles. The first-order valence-electron chi connectivity index (χ1n) is 13.7. The van der Waals surface area contributed by atoms with Crippen LogP contribution in [-0.4, -0.2) is 38.2 Å². The smallest absolute Gasteiger partial charge is 0.159 e. The average molecular weight is 535 g/mol. The highest BCUT2D eigenvalue weighted by molar-refractivity contribution is 7.15. The molecule has 4 aromatic heterocycles. The van der Waals surface area contributed by atoms with E-state index < -0.39 is 0 Å². The molecule has 39 heavy (non-hydrogen) atoms. The van der Waals surface area contributed by atoms with Gasteiger partial charge in [-0.25, -0.2) is 4.98 Å². The highest BCUT2D eigenvalue weighted by atomic mass is 32.1. The zero-order chi connectivity index (χ0) is 26.8. The van der Waals surface area contributed by atoms with Crippen molar-refractivity contribution in [3.8, 4) is 22.0 Å². The van der Waals surface area contributed by atoms with E-state index in [0.717, 1.165) is 74.9 Å². The van der Waals surface area contributed by atoms with Crippen molar-refractivity contribution in [2.75, 3.05) is 13.1 Å². The molecule has 7 heteroatoms. The third-order valence-corrected chi connectivity index (χ3v) is 8.67. The largest absolute Gasteiger partial charge is 0.337 e. The number of nitrogens with zero attached hydrogens (tertiary/aromatic N) is 3. The van der Waals surface area contributed by atoms with Crippen molar-refractivity contribution in [3.05, 3.63) is 83.5 Å². The molecule has 3 N–H and O–H groups in total. The van der Waals surface area contributed by atoms with E-state index in [9.17, 15) is 0 Å². The third-order valence-electron chi connectivity index (χ3n) is 7.64. The van der Waals surface area contributed by atoms with Crippen molar-refractivity contribution in [1.82, 2.24) is 30.5 Å². The number of thiophene rings is 1. The van der Waals surface area contributed by atoms with Crippen LogP contribution >= 0.6 is 11.3 Å². The standard InChI is InChI=1S/C32H34N6S/c1-4-21(17-33-18-22-9-6-7-10-22)15-23(5-2)27-16-25-28(19-34-27)37-38-31(25)32-35-26-12-8-11-24(30(26)36-32)29-14-13-20(3)39-29/h4-5,8,11-16,19,22,33H,1,6-7,9-10,17-18H2,2-3H3,(H,35,36)(H,37,38)/b21-15+,23-5+. The molecule has 6 rings (SSSR count). The molecule has 1 aliphatic carbocycles. The molecule has 1 aliphatic rings. The highest BCUT2D eigenvalue weighted by Gasteiger charge is 2.17. The number of rotatable bonds is 9. The number of imidazole rings is 1. The van der Waals surface area contributed by atoms with Crippen LogP contribution in [0, 0.1) is 12.8 Å². The number of hydrogen-bond acceptors (Lipinski definition) is 5. The number of fused-ring (bicyclic) bond motifs is 2. The highest BCUT2D eigenvalue weighted by Crippen LogP contribution is 2.35. The number of para-hydroxylation sites is 1. The molecule has 4 heterocycles. The van der Waals surface area contributed by atoms with Crippen LogP contribution in [0.25, 0.3) is 49.5 Å². The molecule has 0 atom stereocenters. The molecule has 1 fully saturated rings. The predicted octanol–water partition coefficient (Wildman–Crippen LogP) is 7.83. The molecule has 0 spiro atoms. The summed E-state index contributed by atoms with van der Waals surface area (Å²) in [6, 6.07) is 12.7. The number of allylic oxidation sites excluding steroid dienone is 3. The van der Waals surface area contributed by atoms with Gasteiger partial charge in [0.2, 0.25) is 0 Å². The second kappa shape index (κ2) is 11.1. The van der Waals surface area contributed by atoms with Gasteiger partial charge in [0, 0.05) is 27.2 Å². The first-order chi connectivity index (χ1) is 19.1. The van der Waals surface area contributed by atoms with E-state index in [2.05, 4.69) is 82.6 Å².